The number of allylic oxidation sites excluding steroid dienone is 1. The summed E-state index contributed by atoms with van der Waals surface area (Å²) in [4.78, 5) is 0. The van der Waals surface area contributed by atoms with Gasteiger partial charge >= 0.3 is 0 Å². The van der Waals surface area contributed by atoms with Gasteiger partial charge in [-0.25, -0.2) is 0 Å². The fourth-order valence-corrected chi connectivity index (χ4v) is 1.08. The first kappa shape index (κ1) is 6.70. The van der Waals surface area contributed by atoms with Crippen LogP contribution in [-0.4, -0.2) is 8.80 Å². The van der Waals surface area contributed by atoms with Crippen molar-refractivity contribution in [2.75, 3.05) is 0 Å². The first-order valence-corrected chi connectivity index (χ1v) is 5.18. The molecule has 0 fully saturated rings. The van der Waals surface area contributed by atoms with Gasteiger partial charge in [-0.2, -0.15) is 0 Å². The normalized spacial score (nSPS) is 12.7. The molecule has 0 radical (unpaired) electrons. The molecule has 0 aromatic carbocycles. The predicted molar refractivity (Wildman–Crippen MR) is 38.2 cm³/mol. The van der Waals surface area contributed by atoms with Gasteiger partial charge in [0.25, 0.3) is 0 Å². The summed E-state index contributed by atoms with van der Waals surface area (Å²) in [6.07, 6.45) is 1.97. The largest absolute Gasteiger partial charge is 0.107 e. The molecular formula is C6H12Si. The van der Waals surface area contributed by atoms with Crippen LogP contribution < -0.4 is 0 Å². The highest BCUT2D eigenvalue weighted by Crippen LogP contribution is 1.90. The van der Waals surface area contributed by atoms with Gasteiger partial charge in [0.15, 0.2) is 0 Å². The molecule has 0 aliphatic carbocycles. The third-order valence-electron chi connectivity index (χ3n) is 0.941. The van der Waals surface area contributed by atoms with Gasteiger partial charge in [-0.15, -0.1) is 18.9 Å². The molecule has 0 aliphatic heterocycles. The Labute approximate surface area is 47.2 Å². The van der Waals surface area contributed by atoms with Gasteiger partial charge in [-0.05, 0) is 6.04 Å². The van der Waals surface area contributed by atoms with Gasteiger partial charge in [0.1, 0.15) is 0 Å². The fourth-order valence-electron chi connectivity index (χ4n) is 0.359. The Morgan fingerprint density at radius 1 is 1.57 bits per heavy atom. The first-order valence-electron chi connectivity index (χ1n) is 2.54. The van der Waals surface area contributed by atoms with Gasteiger partial charge in [-0.1, -0.05) is 12.6 Å². The zero-order valence-corrected chi connectivity index (χ0v) is 6.01. The Kier molecular flexibility index (Phi) is 3.70. The summed E-state index contributed by atoms with van der Waals surface area (Å²) in [5.41, 5.74) is 2.07. The molecule has 0 heterocycles. The van der Waals surface area contributed by atoms with E-state index in [-0.39, 0.29) is 0 Å². The zero-order valence-electron chi connectivity index (χ0n) is 4.85. The SMILES string of the molecule is C=CC[SiH](C)C=C. The Hall–Kier alpha value is -0.303. The molecule has 0 rings (SSSR count). The summed E-state index contributed by atoms with van der Waals surface area (Å²) >= 11 is 0. The van der Waals surface area contributed by atoms with Crippen LogP contribution >= 0.6 is 0 Å². The second-order valence-electron chi connectivity index (χ2n) is 1.74. The number of hydrogen-bond donors (Lipinski definition) is 0. The highest BCUT2D eigenvalue weighted by molar-refractivity contribution is 6.63. The van der Waals surface area contributed by atoms with Crippen LogP contribution in [0, 0.1) is 0 Å². The van der Waals surface area contributed by atoms with E-state index in [9.17, 15) is 0 Å². The average molecular weight is 112 g/mol. The molecule has 1 heteroatoms. The van der Waals surface area contributed by atoms with Crippen LogP contribution in [0.25, 0.3) is 0 Å². The lowest BCUT2D eigenvalue weighted by atomic mass is 10.8. The molecule has 0 bridgehead atoms. The Morgan fingerprint density at radius 2 is 2.14 bits per heavy atom. The highest BCUT2D eigenvalue weighted by atomic mass is 28.3. The second-order valence-corrected chi connectivity index (χ2v) is 4.63. The van der Waals surface area contributed by atoms with Crippen LogP contribution in [0.5, 0.6) is 0 Å². The Bertz CT molecular complexity index is 66.6. The first-order chi connectivity index (χ1) is 3.31. The quantitative estimate of drug-likeness (QED) is 0.385. The Balaban J connectivity index is 3.15. The zero-order chi connectivity index (χ0) is 5.70. The van der Waals surface area contributed by atoms with E-state index in [4.69, 9.17) is 0 Å². The fraction of sp³-hybridized carbons (Fsp3) is 0.333. The lowest BCUT2D eigenvalue weighted by molar-refractivity contribution is 1.66. The lowest BCUT2D eigenvalue weighted by Gasteiger charge is -1.93. The monoisotopic (exact) mass is 112 g/mol. The lowest BCUT2D eigenvalue weighted by Crippen LogP contribution is -1.97. The van der Waals surface area contributed by atoms with Crippen molar-refractivity contribution in [2.24, 2.45) is 0 Å². The third kappa shape index (κ3) is 3.53. The van der Waals surface area contributed by atoms with Crippen molar-refractivity contribution in [1.82, 2.24) is 0 Å². The van der Waals surface area contributed by atoms with Crippen molar-refractivity contribution < 1.29 is 0 Å². The molecule has 0 saturated heterocycles. The summed E-state index contributed by atoms with van der Waals surface area (Å²) in [6.45, 7) is 9.59. The maximum Gasteiger partial charge on any atom is 0.0613 e. The summed E-state index contributed by atoms with van der Waals surface area (Å²) in [5.74, 6) is 0. The van der Waals surface area contributed by atoms with Gasteiger partial charge in [0.2, 0.25) is 0 Å². The van der Waals surface area contributed by atoms with E-state index in [0.29, 0.717) is 0 Å². The van der Waals surface area contributed by atoms with E-state index in [1.165, 1.54) is 6.04 Å². The van der Waals surface area contributed by atoms with Gasteiger partial charge in [-0.3, -0.25) is 0 Å². The van der Waals surface area contributed by atoms with Gasteiger partial charge in [0, 0.05) is 0 Å². The number of rotatable bonds is 3. The van der Waals surface area contributed by atoms with Gasteiger partial charge in [0.05, 0.1) is 8.80 Å². The minimum Gasteiger partial charge on any atom is -0.107 e. The summed E-state index contributed by atoms with van der Waals surface area (Å²) in [7, 11) is -0.535. The molecule has 1 unspecified atom stereocenters. The van der Waals surface area contributed by atoms with Crippen molar-refractivity contribution in [1.29, 1.82) is 0 Å². The molecule has 0 N–H and O–H groups in total. The van der Waals surface area contributed by atoms with Crippen LogP contribution in [0.1, 0.15) is 0 Å². The maximum atomic E-state index is 3.69. The average Bonchev–Trinajstić information content (AvgIpc) is 1.68. The molecule has 0 amide bonds. The van der Waals surface area contributed by atoms with E-state index in [2.05, 4.69) is 25.4 Å². The van der Waals surface area contributed by atoms with Crippen molar-refractivity contribution in [2.45, 2.75) is 12.6 Å². The standard InChI is InChI=1S/C6H12Si/c1-4-6-7(3)5-2/h4-5,7H,1-2,6H2,3H3. The second kappa shape index (κ2) is 3.87. The van der Waals surface area contributed by atoms with Crippen LogP contribution in [0.15, 0.2) is 24.9 Å². The molecular weight excluding hydrogens is 100 g/mol. The number of hydrogen-bond acceptors (Lipinski definition) is 0. The van der Waals surface area contributed by atoms with E-state index < -0.39 is 8.80 Å². The van der Waals surface area contributed by atoms with Crippen LogP contribution in [0.4, 0.5) is 0 Å². The van der Waals surface area contributed by atoms with E-state index >= 15 is 0 Å². The topological polar surface area (TPSA) is 0 Å². The van der Waals surface area contributed by atoms with Crippen molar-refractivity contribution in [3.63, 3.8) is 0 Å². The summed E-state index contributed by atoms with van der Waals surface area (Å²) < 4.78 is 0. The predicted octanol–water partition coefficient (Wildman–Crippen LogP) is 1.75. The minimum atomic E-state index is -0.535. The van der Waals surface area contributed by atoms with Crippen LogP contribution in [0.2, 0.25) is 12.6 Å². The van der Waals surface area contributed by atoms with E-state index in [0.717, 1.165) is 0 Å². The summed E-state index contributed by atoms with van der Waals surface area (Å²) in [6, 6.07) is 1.18. The third-order valence-corrected chi connectivity index (χ3v) is 2.82. The molecule has 0 spiro atoms. The molecule has 1 atom stereocenters. The molecule has 0 saturated carbocycles. The van der Waals surface area contributed by atoms with Crippen LogP contribution in [0.3, 0.4) is 0 Å². The smallest absolute Gasteiger partial charge is 0.0613 e. The van der Waals surface area contributed by atoms with Crippen molar-refractivity contribution in [3.8, 4) is 0 Å². The van der Waals surface area contributed by atoms with Crippen molar-refractivity contribution >= 4 is 8.80 Å². The van der Waals surface area contributed by atoms with E-state index in [1.807, 2.05) is 6.08 Å². The van der Waals surface area contributed by atoms with E-state index in [1.54, 1.807) is 0 Å². The maximum absolute atomic E-state index is 3.69. The highest BCUT2D eigenvalue weighted by Gasteiger charge is 1.89. The molecule has 0 aromatic rings. The molecule has 7 heavy (non-hydrogen) atoms. The van der Waals surface area contributed by atoms with Crippen molar-refractivity contribution in [3.05, 3.63) is 24.9 Å². The molecule has 0 aromatic heterocycles. The molecule has 0 aliphatic rings. The van der Waals surface area contributed by atoms with Crippen LogP contribution in [-0.2, 0) is 0 Å². The molecule has 40 valence electrons. The molecule has 0 nitrogen and oxygen atoms in total. The summed E-state index contributed by atoms with van der Waals surface area (Å²) in [5, 5.41) is 0. The minimum absolute atomic E-state index is 0.535. The van der Waals surface area contributed by atoms with Gasteiger partial charge < -0.3 is 0 Å². The Morgan fingerprint density at radius 3 is 2.29 bits per heavy atom.